The molecule has 1 aromatic heterocycles. The first-order valence-corrected chi connectivity index (χ1v) is 12.3. The fourth-order valence-corrected chi connectivity index (χ4v) is 4.73. The van der Waals surface area contributed by atoms with Gasteiger partial charge in [0, 0.05) is 18.4 Å². The average molecular weight is 569 g/mol. The Kier molecular flexibility index (Phi) is 8.57. The first kappa shape index (κ1) is 29.1. The van der Waals surface area contributed by atoms with E-state index in [1.54, 1.807) is 18.2 Å². The van der Waals surface area contributed by atoms with Crippen molar-refractivity contribution in [2.24, 2.45) is 5.92 Å². The van der Waals surface area contributed by atoms with Gasteiger partial charge in [-0.1, -0.05) is 12.1 Å². The lowest BCUT2D eigenvalue weighted by molar-refractivity contribution is -0.192. The van der Waals surface area contributed by atoms with Crippen molar-refractivity contribution in [1.29, 1.82) is 5.26 Å². The fraction of sp³-hybridized carbons (Fsp3) is 0.217. The second-order valence-corrected chi connectivity index (χ2v) is 9.64. The van der Waals surface area contributed by atoms with Gasteiger partial charge in [-0.3, -0.25) is 4.79 Å². The summed E-state index contributed by atoms with van der Waals surface area (Å²) in [6.45, 7) is 0.236. The molecule has 1 aliphatic heterocycles. The number of anilines is 1. The van der Waals surface area contributed by atoms with Gasteiger partial charge in [-0.25, -0.2) is 27.0 Å². The van der Waals surface area contributed by atoms with E-state index in [1.807, 2.05) is 10.8 Å². The Balaban J connectivity index is 0.000000532. The number of carbonyl (C=O) groups excluding carboxylic acids is 1. The van der Waals surface area contributed by atoms with Crippen molar-refractivity contribution < 1.29 is 45.4 Å². The van der Waals surface area contributed by atoms with E-state index < -0.39 is 45.9 Å². The predicted molar refractivity (Wildman–Crippen MR) is 125 cm³/mol. The molecule has 0 aliphatic carbocycles. The molecule has 0 saturated carbocycles. The summed E-state index contributed by atoms with van der Waals surface area (Å²) in [6.07, 6.45) is -2.57. The number of nitrogen functional groups attached to an aromatic ring is 1. The molecule has 4 rings (SSSR count). The molecule has 4 N–H and O–H groups in total. The number of hydrogen-bond acceptors (Lipinski definition) is 8. The molecule has 0 bridgehead atoms. The van der Waals surface area contributed by atoms with E-state index in [-0.39, 0.29) is 34.9 Å². The number of halogens is 4. The largest absolute Gasteiger partial charge is 0.490 e. The third kappa shape index (κ3) is 6.89. The summed E-state index contributed by atoms with van der Waals surface area (Å²) in [5.41, 5.74) is 6.48. The quantitative estimate of drug-likeness (QED) is 0.308. The average Bonchev–Trinajstić information content (AvgIpc) is 3.54. The Morgan fingerprint density at radius 3 is 2.51 bits per heavy atom. The Labute approximate surface area is 218 Å². The monoisotopic (exact) mass is 569 g/mol. The van der Waals surface area contributed by atoms with E-state index >= 15 is 0 Å². The lowest BCUT2D eigenvalue weighted by Crippen LogP contribution is -2.37. The number of aliphatic carboxylic acids is 1. The summed E-state index contributed by atoms with van der Waals surface area (Å²) >= 11 is 0. The summed E-state index contributed by atoms with van der Waals surface area (Å²) in [4.78, 5) is 21.4. The second kappa shape index (κ2) is 11.5. The fourth-order valence-electron chi connectivity index (χ4n) is 3.54. The van der Waals surface area contributed by atoms with Crippen LogP contribution in [0.2, 0.25) is 0 Å². The summed E-state index contributed by atoms with van der Waals surface area (Å²) in [6, 6.07) is 11.7. The Bertz CT molecular complexity index is 1530. The summed E-state index contributed by atoms with van der Waals surface area (Å²) in [5.74, 6) is -4.81. The maximum atomic E-state index is 14.0. The number of nitrogens with zero attached hydrogens (tertiary/aromatic N) is 3. The van der Waals surface area contributed by atoms with Gasteiger partial charge in [-0.05, 0) is 36.8 Å². The number of carboxylic acid groups (broad SMARTS) is 1. The van der Waals surface area contributed by atoms with Gasteiger partial charge in [0.15, 0.2) is 0 Å². The topological polar surface area (TPSA) is 177 Å². The van der Waals surface area contributed by atoms with Gasteiger partial charge in [0.2, 0.25) is 5.91 Å². The highest BCUT2D eigenvalue weighted by Gasteiger charge is 2.39. The second-order valence-electron chi connectivity index (χ2n) is 7.99. The minimum Gasteiger partial charge on any atom is -0.475 e. The van der Waals surface area contributed by atoms with Gasteiger partial charge in [0.05, 0.1) is 35.5 Å². The third-order valence-electron chi connectivity index (χ3n) is 5.37. The van der Waals surface area contributed by atoms with Crippen LogP contribution in [-0.4, -0.2) is 48.0 Å². The smallest absolute Gasteiger partial charge is 0.475 e. The van der Waals surface area contributed by atoms with Gasteiger partial charge in [0.25, 0.3) is 10.0 Å². The molecule has 2 unspecified atom stereocenters. The highest BCUT2D eigenvalue weighted by Crippen LogP contribution is 2.35. The number of ether oxygens (including phenoxy) is 1. The van der Waals surface area contributed by atoms with Crippen LogP contribution in [0.1, 0.15) is 23.7 Å². The summed E-state index contributed by atoms with van der Waals surface area (Å²) in [5, 5.41) is 20.3. The van der Waals surface area contributed by atoms with Crippen molar-refractivity contribution in [3.05, 3.63) is 71.8 Å². The van der Waals surface area contributed by atoms with Crippen molar-refractivity contribution in [1.82, 2.24) is 14.5 Å². The first-order chi connectivity index (χ1) is 18.2. The van der Waals surface area contributed by atoms with E-state index in [2.05, 4.69) is 5.10 Å². The zero-order valence-electron chi connectivity index (χ0n) is 19.6. The van der Waals surface area contributed by atoms with Crippen LogP contribution in [-0.2, 0) is 24.3 Å². The Morgan fingerprint density at radius 1 is 1.23 bits per heavy atom. The zero-order valence-corrected chi connectivity index (χ0v) is 20.4. The molecule has 2 heterocycles. The number of aromatic nitrogens is 2. The highest BCUT2D eigenvalue weighted by atomic mass is 32.2. The standard InChI is InChI=1S/C21H18FN5O4S.C2HF3O2/c22-16-3-1-2-4-18(16)27-12-14(11-25-27)20-15(7-8-31-20)21(28)26-32(29,30)19-9-13(10-23)5-6-17(19)24;3-2(4,5)1(6)7/h1-6,9,11-12,15,20H,7-8,24H2,(H,26,28);(H,6,7). The third-order valence-corrected chi connectivity index (χ3v) is 6.77. The number of amides is 1. The SMILES string of the molecule is N#Cc1ccc(N)c(S(=O)(=O)NC(=O)C2CCOC2c2cnn(-c3ccccc3F)c2)c1.O=C(O)C(F)(F)F. The van der Waals surface area contributed by atoms with Gasteiger partial charge in [-0.15, -0.1) is 0 Å². The number of hydrogen-bond donors (Lipinski definition) is 3. The van der Waals surface area contributed by atoms with E-state index in [0.29, 0.717) is 5.56 Å². The molecule has 11 nitrogen and oxygen atoms in total. The number of nitrogens with one attached hydrogen (secondary N) is 1. The maximum absolute atomic E-state index is 14.0. The van der Waals surface area contributed by atoms with Crippen LogP contribution in [0.15, 0.2) is 59.8 Å². The lowest BCUT2D eigenvalue weighted by atomic mass is 9.97. The van der Waals surface area contributed by atoms with Crippen molar-refractivity contribution in [2.45, 2.75) is 23.6 Å². The zero-order chi connectivity index (χ0) is 29.0. The van der Waals surface area contributed by atoms with E-state index in [1.165, 1.54) is 35.3 Å². The van der Waals surface area contributed by atoms with Crippen LogP contribution < -0.4 is 10.5 Å². The number of nitriles is 1. The molecule has 3 aromatic rings. The van der Waals surface area contributed by atoms with Crippen molar-refractivity contribution in [3.8, 4) is 11.8 Å². The minimum absolute atomic E-state index is 0.0883. The molecule has 2 atom stereocenters. The molecule has 1 aliphatic rings. The molecule has 1 amide bonds. The highest BCUT2D eigenvalue weighted by molar-refractivity contribution is 7.90. The van der Waals surface area contributed by atoms with E-state index in [4.69, 9.17) is 25.6 Å². The summed E-state index contributed by atoms with van der Waals surface area (Å²) in [7, 11) is -4.31. The lowest BCUT2D eigenvalue weighted by Gasteiger charge is -2.17. The van der Waals surface area contributed by atoms with Gasteiger partial charge >= 0.3 is 12.1 Å². The maximum Gasteiger partial charge on any atom is 0.490 e. The first-order valence-electron chi connectivity index (χ1n) is 10.8. The van der Waals surface area contributed by atoms with Gasteiger partial charge < -0.3 is 15.6 Å². The summed E-state index contributed by atoms with van der Waals surface area (Å²) < 4.78 is 80.3. The molecule has 0 radical (unpaired) electrons. The molecule has 39 heavy (non-hydrogen) atoms. The van der Waals surface area contributed by atoms with Crippen LogP contribution in [0.4, 0.5) is 23.2 Å². The Morgan fingerprint density at radius 2 is 1.90 bits per heavy atom. The molecule has 2 aromatic carbocycles. The molecule has 0 spiro atoms. The van der Waals surface area contributed by atoms with Crippen LogP contribution in [0, 0.1) is 23.1 Å². The number of carboxylic acids is 1. The van der Waals surface area contributed by atoms with Crippen molar-refractivity contribution >= 4 is 27.6 Å². The number of para-hydroxylation sites is 1. The minimum atomic E-state index is -5.08. The van der Waals surface area contributed by atoms with Gasteiger partial charge in [0.1, 0.15) is 16.4 Å². The molecular formula is C23H19F4N5O6S. The number of carbonyl (C=O) groups is 2. The molecule has 16 heteroatoms. The van der Waals surface area contributed by atoms with E-state index in [9.17, 15) is 30.8 Å². The number of alkyl halides is 3. The van der Waals surface area contributed by atoms with Crippen molar-refractivity contribution in [2.75, 3.05) is 12.3 Å². The van der Waals surface area contributed by atoms with Crippen LogP contribution in [0.5, 0.6) is 0 Å². The number of benzene rings is 2. The molecule has 206 valence electrons. The molecular weight excluding hydrogens is 550 g/mol. The molecule has 1 saturated heterocycles. The van der Waals surface area contributed by atoms with Crippen LogP contribution in [0.25, 0.3) is 5.69 Å². The van der Waals surface area contributed by atoms with Gasteiger partial charge in [-0.2, -0.15) is 23.5 Å². The van der Waals surface area contributed by atoms with Crippen LogP contribution in [0.3, 0.4) is 0 Å². The van der Waals surface area contributed by atoms with E-state index in [0.717, 1.165) is 6.07 Å². The predicted octanol–water partition coefficient (Wildman–Crippen LogP) is 2.68. The number of sulfonamides is 1. The number of rotatable bonds is 5. The molecule has 1 fully saturated rings. The van der Waals surface area contributed by atoms with Crippen molar-refractivity contribution in [3.63, 3.8) is 0 Å². The Hall–Kier alpha value is -4.49. The number of nitrogens with two attached hydrogens (primary N) is 1. The normalized spacial score (nSPS) is 17.0. The van der Waals surface area contributed by atoms with Crippen LogP contribution >= 0.6 is 0 Å².